The van der Waals surface area contributed by atoms with Gasteiger partial charge in [-0.05, 0) is 77.6 Å². The van der Waals surface area contributed by atoms with Crippen molar-refractivity contribution < 1.29 is 4.74 Å². The third-order valence-electron chi connectivity index (χ3n) is 8.91. The van der Waals surface area contributed by atoms with Gasteiger partial charge in [0.1, 0.15) is 12.4 Å². The third kappa shape index (κ3) is 4.68. The van der Waals surface area contributed by atoms with Crippen LogP contribution in [0.2, 0.25) is 0 Å². The first kappa shape index (κ1) is 24.0. The number of benzene rings is 1. The Hall–Kier alpha value is -2.38. The number of fused-ring (bicyclic) bond motifs is 2. The molecule has 2 aromatic rings. The van der Waals surface area contributed by atoms with Crippen LogP contribution in [0.4, 0.5) is 11.5 Å². The van der Waals surface area contributed by atoms with Crippen LogP contribution in [0.25, 0.3) is 0 Å². The highest BCUT2D eigenvalue weighted by atomic mass is 16.5. The molecule has 0 saturated carbocycles. The van der Waals surface area contributed by atoms with E-state index >= 15 is 0 Å². The fourth-order valence-corrected chi connectivity index (χ4v) is 6.74. The van der Waals surface area contributed by atoms with Crippen LogP contribution in [-0.4, -0.2) is 78.9 Å². The van der Waals surface area contributed by atoms with E-state index in [2.05, 4.69) is 65.2 Å². The largest absolute Gasteiger partial charge is 0.462 e. The second-order valence-corrected chi connectivity index (χ2v) is 11.5. The van der Waals surface area contributed by atoms with E-state index in [1.807, 2.05) is 0 Å². The normalized spacial score (nSPS) is 28.6. The average molecular weight is 491 g/mol. The zero-order chi connectivity index (χ0) is 24.6. The Labute approximate surface area is 216 Å². The minimum absolute atomic E-state index is 0.403. The summed E-state index contributed by atoms with van der Waals surface area (Å²) in [4.78, 5) is 17.7. The van der Waals surface area contributed by atoms with E-state index in [4.69, 9.17) is 14.7 Å². The molecule has 1 aliphatic carbocycles. The first-order chi connectivity index (χ1) is 17.6. The van der Waals surface area contributed by atoms with E-state index in [-0.39, 0.29) is 0 Å². The van der Waals surface area contributed by atoms with Crippen LogP contribution >= 0.6 is 0 Å². The maximum atomic E-state index is 6.34. The van der Waals surface area contributed by atoms with Crippen molar-refractivity contribution in [3.8, 4) is 6.01 Å². The van der Waals surface area contributed by atoms with Crippen molar-refractivity contribution in [2.24, 2.45) is 0 Å². The molecule has 7 heteroatoms. The predicted molar refractivity (Wildman–Crippen MR) is 145 cm³/mol. The minimum atomic E-state index is 0.403. The standard InChI is InChI=1S/C29H42N6O/c1-20-18-35(21(2)17-30-20)28-25-13-12-23(34-15-6-9-22-8-4-5-11-27(22)34)16-26(25)31-29(32-28)36-19-24-10-7-14-33(24)3/h4-5,8,11,20-21,23-24,30H,6-7,9-10,12-19H2,1-3H3/t20-,21+,23?,24?/m1/s1. The monoisotopic (exact) mass is 490 g/mol. The molecule has 6 rings (SSSR count). The van der Waals surface area contributed by atoms with E-state index in [0.29, 0.717) is 36.8 Å². The van der Waals surface area contributed by atoms with Crippen LogP contribution in [0.15, 0.2) is 24.3 Å². The van der Waals surface area contributed by atoms with Gasteiger partial charge in [-0.2, -0.15) is 9.97 Å². The first-order valence-electron chi connectivity index (χ1n) is 14.1. The van der Waals surface area contributed by atoms with Crippen molar-refractivity contribution in [2.75, 3.05) is 49.6 Å². The summed E-state index contributed by atoms with van der Waals surface area (Å²) in [5.41, 5.74) is 5.47. The lowest BCUT2D eigenvalue weighted by molar-refractivity contribution is 0.187. The Morgan fingerprint density at radius 1 is 1.03 bits per heavy atom. The highest BCUT2D eigenvalue weighted by Gasteiger charge is 2.34. The number of nitrogens with one attached hydrogen (secondary N) is 1. The molecule has 7 nitrogen and oxygen atoms in total. The molecular formula is C29H42N6O. The van der Waals surface area contributed by atoms with Gasteiger partial charge in [0.05, 0.1) is 5.69 Å². The van der Waals surface area contributed by atoms with E-state index in [0.717, 1.165) is 51.3 Å². The smallest absolute Gasteiger partial charge is 0.318 e. The molecule has 4 aliphatic rings. The predicted octanol–water partition coefficient (Wildman–Crippen LogP) is 3.45. The van der Waals surface area contributed by atoms with Gasteiger partial charge < -0.3 is 24.8 Å². The molecule has 4 heterocycles. The summed E-state index contributed by atoms with van der Waals surface area (Å²) in [5.74, 6) is 1.12. The number of aryl methyl sites for hydroxylation is 1. The Morgan fingerprint density at radius 3 is 2.78 bits per heavy atom. The van der Waals surface area contributed by atoms with Gasteiger partial charge in [-0.15, -0.1) is 0 Å². The number of hydrogen-bond donors (Lipinski definition) is 1. The number of piperazine rings is 1. The van der Waals surface area contributed by atoms with Gasteiger partial charge in [0.25, 0.3) is 0 Å². The highest BCUT2D eigenvalue weighted by Crippen LogP contribution is 2.37. The molecule has 0 amide bonds. The summed E-state index contributed by atoms with van der Waals surface area (Å²) in [6.07, 6.45) is 8.01. The number of hydrogen-bond acceptors (Lipinski definition) is 7. The van der Waals surface area contributed by atoms with E-state index in [9.17, 15) is 0 Å². The molecule has 0 spiro atoms. The van der Waals surface area contributed by atoms with Crippen molar-refractivity contribution in [2.45, 2.75) is 83.0 Å². The summed E-state index contributed by atoms with van der Waals surface area (Å²) >= 11 is 0. The average Bonchev–Trinajstić information content (AvgIpc) is 3.32. The number of likely N-dealkylation sites (N-methyl/N-ethyl adjacent to an activating group) is 1. The maximum Gasteiger partial charge on any atom is 0.318 e. The van der Waals surface area contributed by atoms with Gasteiger partial charge in [0.15, 0.2) is 0 Å². The summed E-state index contributed by atoms with van der Waals surface area (Å²) in [5, 5.41) is 3.62. The Kier molecular flexibility index (Phi) is 6.78. The number of para-hydroxylation sites is 1. The zero-order valence-electron chi connectivity index (χ0n) is 22.2. The topological polar surface area (TPSA) is 56.8 Å². The molecule has 2 fully saturated rings. The molecule has 2 saturated heterocycles. The lowest BCUT2D eigenvalue weighted by Gasteiger charge is -2.42. The quantitative estimate of drug-likeness (QED) is 0.689. The number of nitrogens with zero attached hydrogens (tertiary/aromatic N) is 5. The minimum Gasteiger partial charge on any atom is -0.462 e. The molecule has 2 unspecified atom stereocenters. The highest BCUT2D eigenvalue weighted by molar-refractivity contribution is 5.58. The van der Waals surface area contributed by atoms with Crippen LogP contribution in [0.1, 0.15) is 56.4 Å². The number of ether oxygens (including phenoxy) is 1. The molecule has 0 radical (unpaired) electrons. The van der Waals surface area contributed by atoms with E-state index in [1.165, 1.54) is 48.2 Å². The Bertz CT molecular complexity index is 1080. The van der Waals surface area contributed by atoms with E-state index < -0.39 is 0 Å². The zero-order valence-corrected chi connectivity index (χ0v) is 22.2. The van der Waals surface area contributed by atoms with Crippen LogP contribution in [-0.2, 0) is 19.3 Å². The lowest BCUT2D eigenvalue weighted by atomic mass is 9.88. The van der Waals surface area contributed by atoms with Crippen LogP contribution in [0.5, 0.6) is 6.01 Å². The van der Waals surface area contributed by atoms with Crippen molar-refractivity contribution in [3.63, 3.8) is 0 Å². The molecule has 0 bridgehead atoms. The number of anilines is 2. The summed E-state index contributed by atoms with van der Waals surface area (Å²) in [6, 6.07) is 11.3. The number of rotatable bonds is 5. The third-order valence-corrected chi connectivity index (χ3v) is 8.91. The number of likely N-dealkylation sites (tertiary alicyclic amines) is 1. The van der Waals surface area contributed by atoms with Gasteiger partial charge in [-0.3, -0.25) is 0 Å². The van der Waals surface area contributed by atoms with Gasteiger partial charge in [-0.25, -0.2) is 0 Å². The van der Waals surface area contributed by atoms with Crippen LogP contribution in [0.3, 0.4) is 0 Å². The molecule has 194 valence electrons. The van der Waals surface area contributed by atoms with Crippen molar-refractivity contribution in [1.82, 2.24) is 20.2 Å². The molecule has 36 heavy (non-hydrogen) atoms. The maximum absolute atomic E-state index is 6.34. The molecular weight excluding hydrogens is 448 g/mol. The Morgan fingerprint density at radius 2 is 1.92 bits per heavy atom. The van der Waals surface area contributed by atoms with Gasteiger partial charge in [0, 0.05) is 61.5 Å². The van der Waals surface area contributed by atoms with E-state index in [1.54, 1.807) is 0 Å². The van der Waals surface area contributed by atoms with Crippen molar-refractivity contribution in [1.29, 1.82) is 0 Å². The van der Waals surface area contributed by atoms with Crippen molar-refractivity contribution in [3.05, 3.63) is 41.1 Å². The Balaban J connectivity index is 1.30. The van der Waals surface area contributed by atoms with Crippen LogP contribution < -0.4 is 19.9 Å². The van der Waals surface area contributed by atoms with Gasteiger partial charge in [-0.1, -0.05) is 18.2 Å². The second kappa shape index (κ2) is 10.2. The van der Waals surface area contributed by atoms with Gasteiger partial charge in [0.2, 0.25) is 0 Å². The fraction of sp³-hybridized carbons (Fsp3) is 0.655. The number of aromatic nitrogens is 2. The molecule has 1 aromatic carbocycles. The molecule has 1 aromatic heterocycles. The summed E-state index contributed by atoms with van der Waals surface area (Å²) < 4.78 is 6.34. The molecule has 4 atom stereocenters. The van der Waals surface area contributed by atoms with Crippen LogP contribution in [0, 0.1) is 0 Å². The first-order valence-corrected chi connectivity index (χ1v) is 14.1. The van der Waals surface area contributed by atoms with Crippen molar-refractivity contribution >= 4 is 11.5 Å². The fourth-order valence-electron chi connectivity index (χ4n) is 6.74. The SMILES string of the molecule is C[C@@H]1CN(c2nc(OCC3CCCN3C)nc3c2CCC(N2CCCc4ccccc42)C3)[C@@H](C)CN1. The van der Waals surface area contributed by atoms with Gasteiger partial charge >= 0.3 is 6.01 Å². The summed E-state index contributed by atoms with van der Waals surface area (Å²) in [6.45, 7) is 9.49. The second-order valence-electron chi connectivity index (χ2n) is 11.5. The molecule has 3 aliphatic heterocycles. The molecule has 1 N–H and O–H groups in total. The lowest BCUT2D eigenvalue weighted by Crippen LogP contribution is -2.55. The summed E-state index contributed by atoms with van der Waals surface area (Å²) in [7, 11) is 2.20.